The summed E-state index contributed by atoms with van der Waals surface area (Å²) in [7, 11) is 0. The second-order valence-corrected chi connectivity index (χ2v) is 6.94. The van der Waals surface area contributed by atoms with E-state index >= 15 is 0 Å². The summed E-state index contributed by atoms with van der Waals surface area (Å²) in [5.41, 5.74) is 3.12. The van der Waals surface area contributed by atoms with Gasteiger partial charge in [0, 0.05) is 18.4 Å². The first-order valence-corrected chi connectivity index (χ1v) is 9.14. The third-order valence-corrected chi connectivity index (χ3v) is 5.08. The second-order valence-electron chi connectivity index (χ2n) is 6.94. The lowest BCUT2D eigenvalue weighted by atomic mass is 10.1. The van der Waals surface area contributed by atoms with Gasteiger partial charge in [0.15, 0.2) is 5.82 Å². The highest BCUT2D eigenvalue weighted by Crippen LogP contribution is 2.36. The topological polar surface area (TPSA) is 38.1 Å². The van der Waals surface area contributed by atoms with E-state index in [0.717, 1.165) is 24.1 Å². The van der Waals surface area contributed by atoms with Crippen molar-refractivity contribution in [2.24, 2.45) is 0 Å². The highest BCUT2D eigenvalue weighted by molar-refractivity contribution is 5.47. The van der Waals surface area contributed by atoms with Gasteiger partial charge in [-0.05, 0) is 43.9 Å². The number of benzene rings is 2. The van der Waals surface area contributed by atoms with Crippen LogP contribution in [0.2, 0.25) is 0 Å². The molecule has 0 N–H and O–H groups in total. The molecule has 1 aromatic heterocycles. The molecule has 1 unspecified atom stereocenters. The first-order valence-electron chi connectivity index (χ1n) is 9.14. The molecule has 0 aliphatic heterocycles. The second kappa shape index (κ2) is 6.79. The minimum absolute atomic E-state index is 0.0588. The van der Waals surface area contributed by atoms with Gasteiger partial charge < -0.3 is 4.90 Å². The molecule has 4 nitrogen and oxygen atoms in total. The Labute approximate surface area is 153 Å². The van der Waals surface area contributed by atoms with Gasteiger partial charge in [-0.15, -0.1) is 0 Å². The van der Waals surface area contributed by atoms with Crippen LogP contribution in [0.15, 0.2) is 71.8 Å². The lowest BCUT2D eigenvalue weighted by molar-refractivity contribution is 0.647. The quantitative estimate of drug-likeness (QED) is 0.693. The van der Waals surface area contributed by atoms with Gasteiger partial charge in [0.05, 0.1) is 11.7 Å². The van der Waals surface area contributed by atoms with Crippen molar-refractivity contribution in [2.75, 3.05) is 4.90 Å². The minimum atomic E-state index is -0.0588. The third-order valence-electron chi connectivity index (χ3n) is 5.08. The number of aryl methyl sites for hydroxylation is 1. The fourth-order valence-corrected chi connectivity index (χ4v) is 3.52. The number of para-hydroxylation sites is 1. The summed E-state index contributed by atoms with van der Waals surface area (Å²) in [6, 6.07) is 18.8. The summed E-state index contributed by atoms with van der Waals surface area (Å²) in [6.45, 7) is 4.17. The normalized spacial score (nSPS) is 14.8. The van der Waals surface area contributed by atoms with Crippen LogP contribution in [-0.2, 0) is 0 Å². The van der Waals surface area contributed by atoms with Crippen LogP contribution in [0.4, 0.5) is 5.82 Å². The molecule has 0 amide bonds. The Morgan fingerprint density at radius 1 is 1.08 bits per heavy atom. The van der Waals surface area contributed by atoms with Crippen molar-refractivity contribution in [2.45, 2.75) is 38.8 Å². The number of nitrogens with zero attached hydrogens (tertiary/aromatic N) is 3. The van der Waals surface area contributed by atoms with Crippen LogP contribution in [0.3, 0.4) is 0 Å². The van der Waals surface area contributed by atoms with Gasteiger partial charge in [-0.2, -0.15) is 0 Å². The molecule has 1 aliphatic rings. The molecule has 4 heteroatoms. The van der Waals surface area contributed by atoms with Gasteiger partial charge in [-0.1, -0.05) is 48.5 Å². The Kier molecular flexibility index (Phi) is 4.33. The number of aromatic nitrogens is 2. The molecule has 4 rings (SSSR count). The van der Waals surface area contributed by atoms with E-state index < -0.39 is 0 Å². The van der Waals surface area contributed by atoms with E-state index in [9.17, 15) is 4.79 Å². The van der Waals surface area contributed by atoms with Crippen molar-refractivity contribution < 1.29 is 0 Å². The molecule has 26 heavy (non-hydrogen) atoms. The lowest BCUT2D eigenvalue weighted by Crippen LogP contribution is -2.36. The molecular weight excluding hydrogens is 322 g/mol. The zero-order chi connectivity index (χ0) is 18.1. The van der Waals surface area contributed by atoms with Crippen molar-refractivity contribution in [3.63, 3.8) is 0 Å². The van der Waals surface area contributed by atoms with Crippen LogP contribution in [0.25, 0.3) is 5.69 Å². The summed E-state index contributed by atoms with van der Waals surface area (Å²) in [6.07, 6.45) is 5.71. The van der Waals surface area contributed by atoms with Crippen LogP contribution in [0, 0.1) is 6.92 Å². The lowest BCUT2D eigenvalue weighted by Gasteiger charge is -2.30. The first kappa shape index (κ1) is 16.6. The molecule has 0 spiro atoms. The number of anilines is 1. The van der Waals surface area contributed by atoms with E-state index in [0.29, 0.717) is 11.9 Å². The zero-order valence-corrected chi connectivity index (χ0v) is 15.2. The van der Waals surface area contributed by atoms with Crippen LogP contribution >= 0.6 is 0 Å². The predicted molar refractivity (Wildman–Crippen MR) is 105 cm³/mol. The number of hydrogen-bond acceptors (Lipinski definition) is 3. The summed E-state index contributed by atoms with van der Waals surface area (Å²) >= 11 is 0. The smallest absolute Gasteiger partial charge is 0.298 e. The van der Waals surface area contributed by atoms with Crippen molar-refractivity contribution in [3.8, 4) is 5.69 Å². The Bertz CT molecular complexity index is 960. The Morgan fingerprint density at radius 2 is 1.77 bits per heavy atom. The number of hydrogen-bond donors (Lipinski definition) is 0. The minimum Gasteiger partial charge on any atom is -0.342 e. The first-order chi connectivity index (χ1) is 12.7. The fraction of sp³-hybridized carbons (Fsp3) is 0.273. The summed E-state index contributed by atoms with van der Waals surface area (Å²) in [5.74, 6) is 0.537. The van der Waals surface area contributed by atoms with Gasteiger partial charge in [0.25, 0.3) is 5.56 Å². The predicted octanol–water partition coefficient (Wildman–Crippen LogP) is 4.27. The fourth-order valence-electron chi connectivity index (χ4n) is 3.52. The molecule has 2 aromatic carbocycles. The van der Waals surface area contributed by atoms with E-state index in [-0.39, 0.29) is 11.6 Å². The monoisotopic (exact) mass is 345 g/mol. The molecule has 132 valence electrons. The van der Waals surface area contributed by atoms with Crippen molar-refractivity contribution in [1.82, 2.24) is 9.55 Å². The average molecular weight is 345 g/mol. The zero-order valence-electron chi connectivity index (χ0n) is 15.2. The highest BCUT2D eigenvalue weighted by Gasteiger charge is 2.35. The summed E-state index contributed by atoms with van der Waals surface area (Å²) in [5, 5.41) is 0. The van der Waals surface area contributed by atoms with E-state index in [1.807, 2.05) is 49.4 Å². The molecule has 1 atom stereocenters. The molecule has 3 aromatic rings. The SMILES string of the molecule is Cc1ccccc1-n1ccnc(N(C2CC2)C(C)c2ccccc2)c1=O. The number of rotatable bonds is 5. The van der Waals surface area contributed by atoms with Gasteiger partial charge in [-0.3, -0.25) is 9.36 Å². The van der Waals surface area contributed by atoms with Gasteiger partial charge in [0.2, 0.25) is 0 Å². The maximum absolute atomic E-state index is 13.3. The van der Waals surface area contributed by atoms with Gasteiger partial charge in [-0.25, -0.2) is 4.98 Å². The van der Waals surface area contributed by atoms with E-state index in [1.54, 1.807) is 17.0 Å². The third kappa shape index (κ3) is 3.03. The van der Waals surface area contributed by atoms with Gasteiger partial charge in [0.1, 0.15) is 0 Å². The molecular formula is C22H23N3O. The molecule has 0 bridgehead atoms. The molecule has 1 fully saturated rings. The molecule has 0 radical (unpaired) electrons. The maximum Gasteiger partial charge on any atom is 0.298 e. The van der Waals surface area contributed by atoms with E-state index in [2.05, 4.69) is 28.9 Å². The maximum atomic E-state index is 13.3. The van der Waals surface area contributed by atoms with Crippen LogP contribution in [0.5, 0.6) is 0 Å². The molecule has 0 saturated heterocycles. The van der Waals surface area contributed by atoms with Crippen LogP contribution < -0.4 is 10.5 Å². The molecule has 1 aliphatic carbocycles. The van der Waals surface area contributed by atoms with Crippen molar-refractivity contribution in [1.29, 1.82) is 0 Å². The standard InChI is InChI=1S/C22H23N3O/c1-16-8-6-7-11-20(16)24-15-14-23-21(22(24)26)25(19-12-13-19)17(2)18-9-4-3-5-10-18/h3-11,14-15,17,19H,12-13H2,1-2H3. The van der Waals surface area contributed by atoms with Crippen LogP contribution in [-0.4, -0.2) is 15.6 Å². The molecule has 1 heterocycles. The summed E-state index contributed by atoms with van der Waals surface area (Å²) < 4.78 is 1.71. The van der Waals surface area contributed by atoms with Crippen molar-refractivity contribution in [3.05, 3.63) is 88.5 Å². The average Bonchev–Trinajstić information content (AvgIpc) is 3.50. The molecule has 1 saturated carbocycles. The highest BCUT2D eigenvalue weighted by atomic mass is 16.1. The summed E-state index contributed by atoms with van der Waals surface area (Å²) in [4.78, 5) is 20.0. The Hall–Kier alpha value is -2.88. The largest absolute Gasteiger partial charge is 0.342 e. The van der Waals surface area contributed by atoms with Crippen molar-refractivity contribution >= 4 is 5.82 Å². The Balaban J connectivity index is 1.80. The Morgan fingerprint density at radius 3 is 2.46 bits per heavy atom. The van der Waals surface area contributed by atoms with Crippen LogP contribution in [0.1, 0.15) is 36.9 Å². The van der Waals surface area contributed by atoms with E-state index in [4.69, 9.17) is 0 Å². The van der Waals surface area contributed by atoms with E-state index in [1.165, 1.54) is 5.56 Å². The van der Waals surface area contributed by atoms with Gasteiger partial charge >= 0.3 is 0 Å².